The fraction of sp³-hybridized carbons (Fsp3) is 0. The summed E-state index contributed by atoms with van der Waals surface area (Å²) in [4.78, 5) is 0. The molecule has 0 unspecified atom stereocenters. The molecular weight excluding hydrogens is 350 g/mol. The van der Waals surface area contributed by atoms with Gasteiger partial charge in [0.05, 0.1) is 20.1 Å². The largest absolute Gasteiger partial charge is 0.505 e. The summed E-state index contributed by atoms with van der Waals surface area (Å²) in [5.74, 6) is -0.201. The van der Waals surface area contributed by atoms with Crippen molar-refractivity contribution < 1.29 is 5.11 Å². The lowest BCUT2D eigenvalue weighted by molar-refractivity contribution is 0.477. The van der Waals surface area contributed by atoms with Gasteiger partial charge in [-0.05, 0) is 28.3 Å². The van der Waals surface area contributed by atoms with Gasteiger partial charge in [-0.15, -0.1) is 0 Å². The van der Waals surface area contributed by atoms with E-state index < -0.39 is 0 Å². The number of halogens is 4. The van der Waals surface area contributed by atoms with E-state index in [1.54, 1.807) is 0 Å². The molecule has 5 heteroatoms. The first-order valence-electron chi connectivity index (χ1n) is 6.13. The number of phenols is 1. The Labute approximate surface area is 139 Å². The third-order valence-corrected chi connectivity index (χ3v) is 5.11. The molecule has 0 aliphatic rings. The molecule has 0 atom stereocenters. The van der Waals surface area contributed by atoms with Gasteiger partial charge in [0.25, 0.3) is 0 Å². The van der Waals surface area contributed by atoms with Crippen LogP contribution in [0.25, 0.3) is 32.3 Å². The van der Waals surface area contributed by atoms with Gasteiger partial charge in [-0.3, -0.25) is 0 Å². The number of aromatic hydroxyl groups is 1. The van der Waals surface area contributed by atoms with Crippen LogP contribution in [0.15, 0.2) is 30.3 Å². The molecule has 4 aromatic carbocycles. The van der Waals surface area contributed by atoms with Gasteiger partial charge in [0.15, 0.2) is 5.75 Å². The number of hydrogen-bond donors (Lipinski definition) is 1. The molecule has 0 amide bonds. The summed E-state index contributed by atoms with van der Waals surface area (Å²) in [6.45, 7) is 0. The maximum absolute atomic E-state index is 10.1. The molecule has 4 rings (SSSR count). The van der Waals surface area contributed by atoms with Gasteiger partial charge < -0.3 is 5.11 Å². The van der Waals surface area contributed by atoms with Gasteiger partial charge in [-0.25, -0.2) is 0 Å². The molecule has 0 aliphatic carbocycles. The molecule has 0 saturated heterocycles. The predicted octanol–water partition coefficient (Wildman–Crippen LogP) is 6.90. The van der Waals surface area contributed by atoms with Crippen molar-refractivity contribution in [2.24, 2.45) is 0 Å². The van der Waals surface area contributed by atoms with Crippen LogP contribution >= 0.6 is 46.4 Å². The molecule has 0 aromatic heterocycles. The number of benzene rings is 4. The summed E-state index contributed by atoms with van der Waals surface area (Å²) in [5, 5.41) is 16.2. The Morgan fingerprint density at radius 3 is 1.62 bits per heavy atom. The molecule has 0 radical (unpaired) electrons. The van der Waals surface area contributed by atoms with Crippen molar-refractivity contribution in [1.29, 1.82) is 0 Å². The molecule has 0 fully saturated rings. The highest BCUT2D eigenvalue weighted by atomic mass is 35.5. The zero-order valence-electron chi connectivity index (χ0n) is 10.3. The lowest BCUT2D eigenvalue weighted by Gasteiger charge is -2.16. The third kappa shape index (κ3) is 1.66. The Bertz CT molecular complexity index is 964. The third-order valence-electron chi connectivity index (χ3n) is 3.78. The monoisotopic (exact) mass is 354 g/mol. The number of hydrogen-bond acceptors (Lipinski definition) is 1. The van der Waals surface area contributed by atoms with Gasteiger partial charge in [0.1, 0.15) is 0 Å². The first-order chi connectivity index (χ1) is 10.0. The van der Waals surface area contributed by atoms with Crippen molar-refractivity contribution in [2.75, 3.05) is 0 Å². The van der Waals surface area contributed by atoms with E-state index in [9.17, 15) is 5.11 Å². The smallest absolute Gasteiger partial charge is 0.154 e. The van der Waals surface area contributed by atoms with Crippen LogP contribution in [0.4, 0.5) is 0 Å². The van der Waals surface area contributed by atoms with Gasteiger partial charge in [-0.2, -0.15) is 0 Å². The van der Waals surface area contributed by atoms with Crippen LogP contribution in [0, 0.1) is 0 Å². The molecule has 1 N–H and O–H groups in total. The summed E-state index contributed by atoms with van der Waals surface area (Å²) in [5.41, 5.74) is 0. The van der Waals surface area contributed by atoms with Crippen LogP contribution in [0.3, 0.4) is 0 Å². The van der Waals surface area contributed by atoms with Crippen LogP contribution in [-0.4, -0.2) is 5.11 Å². The van der Waals surface area contributed by atoms with Crippen molar-refractivity contribution in [3.8, 4) is 5.75 Å². The average molecular weight is 356 g/mol. The number of phenolic OH excluding ortho intramolecular Hbond substituents is 1. The Balaban J connectivity index is 2.53. The SMILES string of the molecule is Oc1c(Cl)c2c(Cl)cc3cccc4cc(Cl)c(c1Cl)c2c34. The lowest BCUT2D eigenvalue weighted by atomic mass is 9.94. The van der Waals surface area contributed by atoms with Gasteiger partial charge in [0, 0.05) is 16.2 Å². The average Bonchev–Trinajstić information content (AvgIpc) is 2.44. The van der Waals surface area contributed by atoms with E-state index in [-0.39, 0.29) is 15.8 Å². The second-order valence-corrected chi connectivity index (χ2v) is 6.47. The Hall–Kier alpha value is -1.12. The fourth-order valence-electron chi connectivity index (χ4n) is 2.91. The lowest BCUT2D eigenvalue weighted by Crippen LogP contribution is -1.89. The van der Waals surface area contributed by atoms with Gasteiger partial charge >= 0.3 is 0 Å². The predicted molar refractivity (Wildman–Crippen MR) is 91.9 cm³/mol. The second-order valence-electron chi connectivity index (χ2n) is 4.90. The van der Waals surface area contributed by atoms with Crippen LogP contribution in [0.1, 0.15) is 0 Å². The molecule has 21 heavy (non-hydrogen) atoms. The normalized spacial score (nSPS) is 12.0. The van der Waals surface area contributed by atoms with E-state index >= 15 is 0 Å². The second kappa shape index (κ2) is 4.44. The molecule has 0 spiro atoms. The minimum Gasteiger partial charge on any atom is -0.505 e. The fourth-order valence-corrected chi connectivity index (χ4v) is 4.25. The van der Waals surface area contributed by atoms with E-state index in [2.05, 4.69) is 0 Å². The molecule has 0 bridgehead atoms. The topological polar surface area (TPSA) is 20.2 Å². The van der Waals surface area contributed by atoms with Crippen LogP contribution in [-0.2, 0) is 0 Å². The maximum Gasteiger partial charge on any atom is 0.154 e. The summed E-state index contributed by atoms with van der Waals surface area (Å²) in [6, 6.07) is 9.54. The molecule has 104 valence electrons. The highest BCUT2D eigenvalue weighted by Crippen LogP contribution is 2.51. The molecule has 0 saturated carbocycles. The van der Waals surface area contributed by atoms with E-state index in [0.717, 1.165) is 21.5 Å². The molecular formula is C16H6Cl4O. The summed E-state index contributed by atoms with van der Waals surface area (Å²) in [7, 11) is 0. The zero-order valence-corrected chi connectivity index (χ0v) is 13.4. The van der Waals surface area contributed by atoms with Crippen molar-refractivity contribution in [2.45, 2.75) is 0 Å². The van der Waals surface area contributed by atoms with E-state index in [1.165, 1.54) is 0 Å². The molecule has 0 aliphatic heterocycles. The Kier molecular flexibility index (Phi) is 2.86. The van der Waals surface area contributed by atoms with Crippen molar-refractivity contribution in [1.82, 2.24) is 0 Å². The Morgan fingerprint density at radius 1 is 0.667 bits per heavy atom. The minimum absolute atomic E-state index is 0.145. The quantitative estimate of drug-likeness (QED) is 0.340. The van der Waals surface area contributed by atoms with Gasteiger partial charge in [0.2, 0.25) is 0 Å². The van der Waals surface area contributed by atoms with Crippen molar-refractivity contribution in [3.05, 3.63) is 50.4 Å². The van der Waals surface area contributed by atoms with Crippen molar-refractivity contribution >= 4 is 78.7 Å². The molecule has 1 nitrogen and oxygen atoms in total. The number of rotatable bonds is 0. The minimum atomic E-state index is -0.201. The first-order valence-corrected chi connectivity index (χ1v) is 7.64. The maximum atomic E-state index is 10.1. The highest BCUT2D eigenvalue weighted by Gasteiger charge is 2.22. The summed E-state index contributed by atoms with van der Waals surface area (Å²) >= 11 is 25.2. The summed E-state index contributed by atoms with van der Waals surface area (Å²) in [6.07, 6.45) is 0. The highest BCUT2D eigenvalue weighted by molar-refractivity contribution is 6.53. The Morgan fingerprint density at radius 2 is 1.14 bits per heavy atom. The van der Waals surface area contributed by atoms with Crippen LogP contribution in [0.5, 0.6) is 5.75 Å². The van der Waals surface area contributed by atoms with E-state index in [4.69, 9.17) is 46.4 Å². The van der Waals surface area contributed by atoms with Gasteiger partial charge in [-0.1, -0.05) is 64.6 Å². The van der Waals surface area contributed by atoms with Crippen LogP contribution < -0.4 is 0 Å². The first kappa shape index (κ1) is 13.5. The van der Waals surface area contributed by atoms with Crippen molar-refractivity contribution in [3.63, 3.8) is 0 Å². The van der Waals surface area contributed by atoms with E-state index in [0.29, 0.717) is 20.8 Å². The molecule has 0 heterocycles. The summed E-state index contributed by atoms with van der Waals surface area (Å²) < 4.78 is 0. The van der Waals surface area contributed by atoms with Crippen LogP contribution in [0.2, 0.25) is 20.1 Å². The zero-order chi connectivity index (χ0) is 14.9. The van der Waals surface area contributed by atoms with E-state index in [1.807, 2.05) is 30.3 Å². The standard InChI is InChI=1S/C16H6Cl4O/c17-8-4-6-2-1-3-7-5-9(18)12-13(10(6)7)11(8)14(19)16(21)15(12)20/h1-5,21H. The molecule has 4 aromatic rings.